The molecule has 1 heterocycles. The van der Waals surface area contributed by atoms with Crippen molar-refractivity contribution in [1.82, 2.24) is 9.80 Å². The maximum absolute atomic E-state index is 12.9. The van der Waals surface area contributed by atoms with Crippen LogP contribution in [0.3, 0.4) is 0 Å². The van der Waals surface area contributed by atoms with Gasteiger partial charge in [-0.3, -0.25) is 19.7 Å². The fourth-order valence-corrected chi connectivity index (χ4v) is 3.56. The summed E-state index contributed by atoms with van der Waals surface area (Å²) in [7, 11) is 3.61. The number of benzene rings is 2. The molecule has 2 aromatic carbocycles. The highest BCUT2D eigenvalue weighted by Crippen LogP contribution is 2.41. The van der Waals surface area contributed by atoms with E-state index >= 15 is 0 Å². The van der Waals surface area contributed by atoms with E-state index in [9.17, 15) is 29.9 Å². The predicted molar refractivity (Wildman–Crippen MR) is 114 cm³/mol. The zero-order valence-corrected chi connectivity index (χ0v) is 17.5. The normalized spacial score (nSPS) is 18.1. The maximum atomic E-state index is 12.9. The number of aliphatic hydroxyl groups is 1. The van der Waals surface area contributed by atoms with Crippen LogP contribution in [0.2, 0.25) is 5.02 Å². The van der Waals surface area contributed by atoms with Crippen LogP contribution in [0.15, 0.2) is 48.0 Å². The first kappa shape index (κ1) is 22.3. The summed E-state index contributed by atoms with van der Waals surface area (Å²) < 4.78 is 0. The minimum absolute atomic E-state index is 0.0926. The van der Waals surface area contributed by atoms with Crippen molar-refractivity contribution >= 4 is 34.7 Å². The van der Waals surface area contributed by atoms with E-state index in [2.05, 4.69) is 0 Å². The minimum Gasteiger partial charge on any atom is -0.507 e. The number of likely N-dealkylation sites (N-methyl/N-ethyl adjacent to an activating group) is 1. The van der Waals surface area contributed by atoms with Gasteiger partial charge in [-0.05, 0) is 50.0 Å². The van der Waals surface area contributed by atoms with Crippen LogP contribution in [0, 0.1) is 10.1 Å². The number of carbonyl (C=O) groups excluding carboxylic acids is 2. The Hall–Kier alpha value is -3.43. The highest BCUT2D eigenvalue weighted by atomic mass is 35.5. The Kier molecular flexibility index (Phi) is 6.28. The topological polar surface area (TPSA) is 124 Å². The van der Waals surface area contributed by atoms with Gasteiger partial charge in [-0.15, -0.1) is 0 Å². The number of carbonyl (C=O) groups is 2. The van der Waals surface area contributed by atoms with Crippen molar-refractivity contribution < 1.29 is 24.7 Å². The summed E-state index contributed by atoms with van der Waals surface area (Å²) in [6.45, 7) is 0.622. The molecule has 0 spiro atoms. The van der Waals surface area contributed by atoms with Crippen LogP contribution in [0.4, 0.5) is 5.69 Å². The van der Waals surface area contributed by atoms with Crippen molar-refractivity contribution in [1.29, 1.82) is 0 Å². The number of nitrogens with zero attached hydrogens (tertiary/aromatic N) is 3. The Labute approximate surface area is 182 Å². The fraction of sp³-hybridized carbons (Fsp3) is 0.238. The van der Waals surface area contributed by atoms with Crippen molar-refractivity contribution in [3.8, 4) is 5.75 Å². The van der Waals surface area contributed by atoms with E-state index in [-0.39, 0.29) is 34.1 Å². The van der Waals surface area contributed by atoms with Crippen molar-refractivity contribution in [3.63, 3.8) is 0 Å². The van der Waals surface area contributed by atoms with Gasteiger partial charge in [0.1, 0.15) is 11.5 Å². The first-order chi connectivity index (χ1) is 14.6. The summed E-state index contributed by atoms with van der Waals surface area (Å²) >= 11 is 5.97. The van der Waals surface area contributed by atoms with Gasteiger partial charge in [-0.2, -0.15) is 0 Å². The highest BCUT2D eigenvalue weighted by Gasteiger charge is 2.46. The molecule has 0 aromatic heterocycles. The van der Waals surface area contributed by atoms with Crippen LogP contribution in [-0.4, -0.2) is 63.8 Å². The van der Waals surface area contributed by atoms with Gasteiger partial charge in [-0.1, -0.05) is 11.6 Å². The summed E-state index contributed by atoms with van der Waals surface area (Å²) in [5.41, 5.74) is -0.0618. The number of phenolic OH excluding ortho intramolecular Hbond substituents is 1. The van der Waals surface area contributed by atoms with E-state index < -0.39 is 28.4 Å². The molecular weight excluding hydrogens is 426 g/mol. The number of aliphatic hydroxyl groups excluding tert-OH is 1. The van der Waals surface area contributed by atoms with Gasteiger partial charge >= 0.3 is 0 Å². The number of aromatic hydroxyl groups is 1. The van der Waals surface area contributed by atoms with Gasteiger partial charge < -0.3 is 20.0 Å². The average molecular weight is 446 g/mol. The molecule has 0 saturated carbocycles. The quantitative estimate of drug-likeness (QED) is 0.230. The number of likely N-dealkylation sites (tertiary alicyclic amines) is 1. The van der Waals surface area contributed by atoms with E-state index in [1.807, 2.05) is 19.0 Å². The molecule has 1 aliphatic heterocycles. The number of non-ortho nitro benzene ring substituents is 1. The van der Waals surface area contributed by atoms with E-state index in [1.54, 1.807) is 0 Å². The summed E-state index contributed by atoms with van der Waals surface area (Å²) in [6.07, 6.45) is 0. The lowest BCUT2D eigenvalue weighted by atomic mass is 9.95. The molecule has 0 radical (unpaired) electrons. The van der Waals surface area contributed by atoms with Crippen LogP contribution >= 0.6 is 11.6 Å². The molecule has 2 aromatic rings. The highest BCUT2D eigenvalue weighted by molar-refractivity contribution is 6.46. The number of phenols is 1. The van der Waals surface area contributed by atoms with Crippen molar-refractivity contribution in [2.45, 2.75) is 6.04 Å². The third-order valence-corrected chi connectivity index (χ3v) is 5.20. The number of amides is 1. The monoisotopic (exact) mass is 445 g/mol. The molecule has 3 rings (SSSR count). The number of hydrogen-bond acceptors (Lipinski definition) is 7. The fourth-order valence-electron chi connectivity index (χ4n) is 3.39. The molecule has 1 amide bonds. The third-order valence-electron chi connectivity index (χ3n) is 4.96. The molecule has 1 atom stereocenters. The molecule has 10 heteroatoms. The Morgan fingerprint density at radius 3 is 2.42 bits per heavy atom. The van der Waals surface area contributed by atoms with E-state index in [0.29, 0.717) is 12.1 Å². The Balaban J connectivity index is 2.19. The van der Waals surface area contributed by atoms with Gasteiger partial charge in [0.15, 0.2) is 0 Å². The average Bonchev–Trinajstić information content (AvgIpc) is 2.98. The van der Waals surface area contributed by atoms with Crippen molar-refractivity contribution in [2.75, 3.05) is 27.2 Å². The predicted octanol–water partition coefficient (Wildman–Crippen LogP) is 2.94. The SMILES string of the molecule is CN(C)CCN1C(=O)C(=O)/C(=C(/O)c2cc(Cl)ccc2O)C1c1ccc([N+](=O)[O-])cc1. The Bertz CT molecular complexity index is 1080. The van der Waals surface area contributed by atoms with Crippen LogP contribution in [0.25, 0.3) is 5.76 Å². The Morgan fingerprint density at radius 2 is 1.84 bits per heavy atom. The van der Waals surface area contributed by atoms with Crippen LogP contribution in [-0.2, 0) is 9.59 Å². The van der Waals surface area contributed by atoms with Crippen LogP contribution in [0.1, 0.15) is 17.2 Å². The zero-order valence-electron chi connectivity index (χ0n) is 16.8. The van der Waals surface area contributed by atoms with Crippen LogP contribution < -0.4 is 0 Å². The molecule has 1 saturated heterocycles. The lowest BCUT2D eigenvalue weighted by Gasteiger charge is -2.26. The molecule has 1 unspecified atom stereocenters. The number of halogens is 1. The third kappa shape index (κ3) is 4.37. The second-order valence-electron chi connectivity index (χ2n) is 7.31. The molecule has 31 heavy (non-hydrogen) atoms. The molecular formula is C21H20ClN3O6. The van der Waals surface area contributed by atoms with E-state index in [1.165, 1.54) is 47.4 Å². The summed E-state index contributed by atoms with van der Waals surface area (Å²) in [6, 6.07) is 8.37. The number of Topliss-reactive ketones (excluding diaryl/α,β-unsaturated/α-hetero) is 1. The maximum Gasteiger partial charge on any atom is 0.295 e. The summed E-state index contributed by atoms with van der Waals surface area (Å²) in [5, 5.41) is 32.3. The molecule has 162 valence electrons. The first-order valence-electron chi connectivity index (χ1n) is 9.28. The second kappa shape index (κ2) is 8.75. The lowest BCUT2D eigenvalue weighted by molar-refractivity contribution is -0.384. The Morgan fingerprint density at radius 1 is 1.19 bits per heavy atom. The lowest BCUT2D eigenvalue weighted by Crippen LogP contribution is -2.35. The van der Waals surface area contributed by atoms with Gasteiger partial charge in [0.05, 0.1) is 22.1 Å². The minimum atomic E-state index is -0.987. The number of hydrogen-bond donors (Lipinski definition) is 2. The summed E-state index contributed by atoms with van der Waals surface area (Å²) in [5.74, 6) is -2.62. The molecule has 9 nitrogen and oxygen atoms in total. The van der Waals surface area contributed by atoms with Gasteiger partial charge in [-0.25, -0.2) is 0 Å². The number of ketones is 1. The van der Waals surface area contributed by atoms with Crippen molar-refractivity contribution in [3.05, 3.63) is 74.3 Å². The smallest absolute Gasteiger partial charge is 0.295 e. The largest absolute Gasteiger partial charge is 0.507 e. The summed E-state index contributed by atoms with van der Waals surface area (Å²) in [4.78, 5) is 39.2. The van der Waals surface area contributed by atoms with E-state index in [0.717, 1.165) is 0 Å². The van der Waals surface area contributed by atoms with Gasteiger partial charge in [0, 0.05) is 30.2 Å². The molecule has 1 fully saturated rings. The molecule has 1 aliphatic rings. The van der Waals surface area contributed by atoms with Gasteiger partial charge in [0.2, 0.25) is 0 Å². The zero-order chi connectivity index (χ0) is 22.9. The number of nitro groups is 1. The standard InChI is InChI=1S/C21H20ClN3O6/c1-23(2)9-10-24-18(12-3-6-14(7-4-12)25(30)31)17(20(28)21(24)29)19(27)15-11-13(22)5-8-16(15)26/h3-8,11,18,26-27H,9-10H2,1-2H3/b19-17+. The molecule has 0 aliphatic carbocycles. The first-order valence-corrected chi connectivity index (χ1v) is 9.66. The second-order valence-corrected chi connectivity index (χ2v) is 7.74. The van der Waals surface area contributed by atoms with Crippen molar-refractivity contribution in [2.24, 2.45) is 0 Å². The molecule has 0 bridgehead atoms. The van der Waals surface area contributed by atoms with Crippen LogP contribution in [0.5, 0.6) is 5.75 Å². The number of rotatable bonds is 6. The molecule has 2 N–H and O–H groups in total. The number of nitro benzene ring substituents is 1. The van der Waals surface area contributed by atoms with Gasteiger partial charge in [0.25, 0.3) is 17.4 Å². The van der Waals surface area contributed by atoms with E-state index in [4.69, 9.17) is 11.6 Å².